The first-order valence-electron chi connectivity index (χ1n) is 5.59. The molecule has 0 amide bonds. The molecule has 1 heterocycles. The van der Waals surface area contributed by atoms with Crippen molar-refractivity contribution in [3.63, 3.8) is 0 Å². The zero-order valence-electron chi connectivity index (χ0n) is 9.37. The highest BCUT2D eigenvalue weighted by atomic mass is 19.3. The Morgan fingerprint density at radius 3 is 2.47 bits per heavy atom. The summed E-state index contributed by atoms with van der Waals surface area (Å²) in [6.45, 7) is 0.785. The number of rotatable bonds is 2. The Kier molecular flexibility index (Phi) is 3.28. The van der Waals surface area contributed by atoms with Crippen LogP contribution < -0.4 is 10.6 Å². The van der Waals surface area contributed by atoms with Gasteiger partial charge < -0.3 is 10.6 Å². The highest BCUT2D eigenvalue weighted by Gasteiger charge is 2.39. The molecule has 5 heteroatoms. The summed E-state index contributed by atoms with van der Waals surface area (Å²) in [5, 5.41) is 0. The van der Waals surface area contributed by atoms with Crippen molar-refractivity contribution in [2.24, 2.45) is 5.73 Å². The standard InChI is InChI=1S/C12H15F3N2/c13-9-2-4-10(5-3-9)17-7-1-6-12(16,8-17)11(14)15/h2-5,11H,1,6-8,16H2. The number of anilines is 1. The molecule has 1 fully saturated rings. The van der Waals surface area contributed by atoms with Crippen LogP contribution in [-0.4, -0.2) is 25.1 Å². The lowest BCUT2D eigenvalue weighted by atomic mass is 9.90. The first kappa shape index (κ1) is 12.2. The summed E-state index contributed by atoms with van der Waals surface area (Å²) in [6.07, 6.45) is -1.59. The smallest absolute Gasteiger partial charge is 0.258 e. The van der Waals surface area contributed by atoms with Gasteiger partial charge in [0, 0.05) is 18.8 Å². The van der Waals surface area contributed by atoms with E-state index in [0.717, 1.165) is 5.69 Å². The van der Waals surface area contributed by atoms with E-state index in [-0.39, 0.29) is 12.4 Å². The van der Waals surface area contributed by atoms with Crippen LogP contribution in [0.3, 0.4) is 0 Å². The lowest BCUT2D eigenvalue weighted by Crippen LogP contribution is -2.59. The average molecular weight is 244 g/mol. The van der Waals surface area contributed by atoms with E-state index in [1.165, 1.54) is 12.1 Å². The molecule has 1 aromatic rings. The van der Waals surface area contributed by atoms with Gasteiger partial charge in [-0.25, -0.2) is 13.2 Å². The van der Waals surface area contributed by atoms with Crippen LogP contribution in [0.15, 0.2) is 24.3 Å². The molecule has 1 aromatic carbocycles. The Bertz CT molecular complexity index is 380. The Morgan fingerprint density at radius 2 is 1.88 bits per heavy atom. The van der Waals surface area contributed by atoms with E-state index in [9.17, 15) is 13.2 Å². The molecule has 1 unspecified atom stereocenters. The van der Waals surface area contributed by atoms with Crippen LogP contribution in [0.2, 0.25) is 0 Å². The van der Waals surface area contributed by atoms with Gasteiger partial charge in [-0.3, -0.25) is 0 Å². The summed E-state index contributed by atoms with van der Waals surface area (Å²) in [5.74, 6) is -0.335. The van der Waals surface area contributed by atoms with Gasteiger partial charge in [0.2, 0.25) is 0 Å². The zero-order valence-corrected chi connectivity index (χ0v) is 9.37. The van der Waals surface area contributed by atoms with Crippen molar-refractivity contribution in [2.45, 2.75) is 24.8 Å². The molecule has 2 rings (SSSR count). The van der Waals surface area contributed by atoms with E-state index in [1.807, 2.05) is 0 Å². The van der Waals surface area contributed by atoms with Crippen LogP contribution in [0.5, 0.6) is 0 Å². The zero-order chi connectivity index (χ0) is 12.5. The van der Waals surface area contributed by atoms with Crippen molar-refractivity contribution < 1.29 is 13.2 Å². The number of alkyl halides is 2. The minimum absolute atomic E-state index is 0.107. The Labute approximate surface area is 98.2 Å². The number of hydrogen-bond donors (Lipinski definition) is 1. The number of hydrogen-bond acceptors (Lipinski definition) is 2. The van der Waals surface area contributed by atoms with Crippen LogP contribution in [-0.2, 0) is 0 Å². The van der Waals surface area contributed by atoms with Crippen molar-refractivity contribution in [3.05, 3.63) is 30.1 Å². The molecule has 0 bridgehead atoms. The third kappa shape index (κ3) is 2.54. The quantitative estimate of drug-likeness (QED) is 0.865. The van der Waals surface area contributed by atoms with Gasteiger partial charge in [-0.15, -0.1) is 0 Å². The van der Waals surface area contributed by atoms with Gasteiger partial charge in [0.15, 0.2) is 0 Å². The lowest BCUT2D eigenvalue weighted by Gasteiger charge is -2.40. The second-order valence-electron chi connectivity index (χ2n) is 4.54. The summed E-state index contributed by atoms with van der Waals surface area (Å²) < 4.78 is 38.5. The fraction of sp³-hybridized carbons (Fsp3) is 0.500. The molecule has 0 aliphatic carbocycles. The van der Waals surface area contributed by atoms with E-state index >= 15 is 0 Å². The molecule has 0 spiro atoms. The molecule has 1 aliphatic heterocycles. The van der Waals surface area contributed by atoms with Crippen LogP contribution in [0, 0.1) is 5.82 Å². The Balaban J connectivity index is 2.15. The second kappa shape index (κ2) is 4.56. The molecule has 17 heavy (non-hydrogen) atoms. The van der Waals surface area contributed by atoms with Crippen molar-refractivity contribution >= 4 is 5.69 Å². The average Bonchev–Trinajstić information content (AvgIpc) is 2.30. The van der Waals surface area contributed by atoms with Crippen LogP contribution in [0.25, 0.3) is 0 Å². The molecule has 1 atom stereocenters. The van der Waals surface area contributed by atoms with E-state index in [2.05, 4.69) is 0 Å². The van der Waals surface area contributed by atoms with Gasteiger partial charge in [-0.1, -0.05) is 0 Å². The molecule has 0 saturated carbocycles. The largest absolute Gasteiger partial charge is 0.369 e. The number of nitrogens with two attached hydrogens (primary N) is 1. The first-order chi connectivity index (χ1) is 8.01. The third-order valence-electron chi connectivity index (χ3n) is 3.18. The van der Waals surface area contributed by atoms with Crippen molar-refractivity contribution in [2.75, 3.05) is 18.0 Å². The maximum atomic E-state index is 12.8. The highest BCUT2D eigenvalue weighted by Crippen LogP contribution is 2.28. The SMILES string of the molecule is NC1(C(F)F)CCCN(c2ccc(F)cc2)C1. The third-order valence-corrected chi connectivity index (χ3v) is 3.18. The number of halogens is 3. The maximum Gasteiger partial charge on any atom is 0.258 e. The summed E-state index contributed by atoms with van der Waals surface area (Å²) in [4.78, 5) is 1.79. The van der Waals surface area contributed by atoms with E-state index in [0.29, 0.717) is 19.4 Å². The monoisotopic (exact) mass is 244 g/mol. The van der Waals surface area contributed by atoms with E-state index in [1.54, 1.807) is 17.0 Å². The first-order valence-corrected chi connectivity index (χ1v) is 5.59. The Morgan fingerprint density at radius 1 is 1.24 bits per heavy atom. The van der Waals surface area contributed by atoms with Gasteiger partial charge in [0.25, 0.3) is 6.43 Å². The van der Waals surface area contributed by atoms with Crippen molar-refractivity contribution in [3.8, 4) is 0 Å². The van der Waals surface area contributed by atoms with Gasteiger partial charge in [-0.2, -0.15) is 0 Å². The van der Waals surface area contributed by atoms with E-state index in [4.69, 9.17) is 5.73 Å². The normalized spacial score (nSPS) is 25.4. The van der Waals surface area contributed by atoms with Crippen LogP contribution in [0.1, 0.15) is 12.8 Å². The van der Waals surface area contributed by atoms with Crippen LogP contribution >= 0.6 is 0 Å². The van der Waals surface area contributed by atoms with Crippen LogP contribution in [0.4, 0.5) is 18.9 Å². The van der Waals surface area contributed by atoms with Gasteiger partial charge >= 0.3 is 0 Å². The minimum Gasteiger partial charge on any atom is -0.369 e. The highest BCUT2D eigenvalue weighted by molar-refractivity contribution is 5.47. The maximum absolute atomic E-state index is 12.8. The molecule has 94 valence electrons. The molecular formula is C12H15F3N2. The number of piperidine rings is 1. The summed E-state index contributed by atoms with van der Waals surface area (Å²) >= 11 is 0. The lowest BCUT2D eigenvalue weighted by molar-refractivity contribution is 0.0448. The topological polar surface area (TPSA) is 29.3 Å². The fourth-order valence-corrected chi connectivity index (χ4v) is 2.16. The predicted molar refractivity (Wildman–Crippen MR) is 60.8 cm³/mol. The molecule has 2 nitrogen and oxygen atoms in total. The second-order valence-corrected chi connectivity index (χ2v) is 4.54. The molecule has 1 aliphatic rings. The molecule has 1 saturated heterocycles. The number of benzene rings is 1. The predicted octanol–water partition coefficient (Wildman–Crippen LogP) is 2.39. The van der Waals surface area contributed by atoms with Gasteiger partial charge in [-0.05, 0) is 37.1 Å². The summed E-state index contributed by atoms with van der Waals surface area (Å²) in [6, 6.07) is 5.83. The van der Waals surface area contributed by atoms with Crippen molar-refractivity contribution in [1.82, 2.24) is 0 Å². The van der Waals surface area contributed by atoms with Gasteiger partial charge in [0.05, 0.1) is 5.54 Å². The summed E-state index contributed by atoms with van der Waals surface area (Å²) in [5.41, 5.74) is 4.98. The minimum atomic E-state index is -2.54. The Hall–Kier alpha value is -1.23. The molecular weight excluding hydrogens is 229 g/mol. The van der Waals surface area contributed by atoms with Gasteiger partial charge in [0.1, 0.15) is 5.82 Å². The molecule has 2 N–H and O–H groups in total. The van der Waals surface area contributed by atoms with E-state index < -0.39 is 12.0 Å². The fourth-order valence-electron chi connectivity index (χ4n) is 2.16. The van der Waals surface area contributed by atoms with Crippen molar-refractivity contribution in [1.29, 1.82) is 0 Å². The molecule has 0 radical (unpaired) electrons. The summed E-state index contributed by atoms with van der Waals surface area (Å²) in [7, 11) is 0. The molecule has 0 aromatic heterocycles. The number of nitrogens with zero attached hydrogens (tertiary/aromatic N) is 1.